The van der Waals surface area contributed by atoms with Crippen molar-refractivity contribution in [2.45, 2.75) is 12.5 Å². The molecule has 6 nitrogen and oxygen atoms in total. The summed E-state index contributed by atoms with van der Waals surface area (Å²) >= 11 is 0. The van der Waals surface area contributed by atoms with Crippen LogP contribution in [0.3, 0.4) is 0 Å². The lowest BCUT2D eigenvalue weighted by Gasteiger charge is -2.34. The van der Waals surface area contributed by atoms with Gasteiger partial charge in [0.2, 0.25) is 5.91 Å². The van der Waals surface area contributed by atoms with Crippen LogP contribution < -0.4 is 0 Å². The molecule has 1 saturated heterocycles. The van der Waals surface area contributed by atoms with Crippen LogP contribution in [0.15, 0.2) is 30.5 Å². The minimum atomic E-state index is -0.514. The maximum absolute atomic E-state index is 12.5. The van der Waals surface area contributed by atoms with Crippen molar-refractivity contribution in [2.24, 2.45) is 0 Å². The van der Waals surface area contributed by atoms with Gasteiger partial charge in [0.25, 0.3) is 0 Å². The fourth-order valence-corrected chi connectivity index (χ4v) is 3.38. The quantitative estimate of drug-likeness (QED) is 0.813. The Morgan fingerprint density at radius 3 is 2.76 bits per heavy atom. The van der Waals surface area contributed by atoms with E-state index in [0.717, 1.165) is 42.6 Å². The monoisotopic (exact) mass is 344 g/mol. The first kappa shape index (κ1) is 17.9. The molecular weight excluding hydrogens is 316 g/mol. The molecule has 2 aromatic rings. The molecule has 1 atom stereocenters. The number of rotatable bonds is 6. The Balaban J connectivity index is 1.50. The van der Waals surface area contributed by atoms with Crippen LogP contribution in [0.25, 0.3) is 10.9 Å². The lowest BCUT2D eigenvalue weighted by molar-refractivity contribution is -0.130. The van der Waals surface area contributed by atoms with E-state index >= 15 is 0 Å². The molecule has 0 radical (unpaired) electrons. The maximum Gasteiger partial charge on any atom is 0.226 e. The van der Waals surface area contributed by atoms with Crippen molar-refractivity contribution in [3.05, 3.63) is 36.0 Å². The van der Waals surface area contributed by atoms with Gasteiger partial charge in [-0.15, -0.1) is 0 Å². The maximum atomic E-state index is 12.5. The van der Waals surface area contributed by atoms with Gasteiger partial charge in [-0.1, -0.05) is 18.2 Å². The van der Waals surface area contributed by atoms with Crippen LogP contribution in [-0.2, 0) is 11.2 Å². The summed E-state index contributed by atoms with van der Waals surface area (Å²) in [4.78, 5) is 21.9. The normalized spacial score (nSPS) is 17.7. The number of aromatic amines is 1. The van der Waals surface area contributed by atoms with E-state index in [-0.39, 0.29) is 5.91 Å². The van der Waals surface area contributed by atoms with E-state index in [1.165, 1.54) is 0 Å². The smallest absolute Gasteiger partial charge is 0.226 e. The molecule has 1 amide bonds. The minimum Gasteiger partial charge on any atom is -0.390 e. The molecule has 2 heterocycles. The molecule has 136 valence electrons. The van der Waals surface area contributed by atoms with Gasteiger partial charge in [0.05, 0.1) is 12.5 Å². The van der Waals surface area contributed by atoms with Crippen LogP contribution in [-0.4, -0.2) is 90.2 Å². The summed E-state index contributed by atoms with van der Waals surface area (Å²) < 4.78 is 0. The van der Waals surface area contributed by atoms with Gasteiger partial charge in [-0.05, 0) is 18.7 Å². The number of likely N-dealkylation sites (N-methyl/N-ethyl adjacent to an activating group) is 2. The van der Waals surface area contributed by atoms with E-state index in [9.17, 15) is 9.90 Å². The summed E-state index contributed by atoms with van der Waals surface area (Å²) in [6.45, 7) is 5.00. The van der Waals surface area contributed by atoms with Crippen LogP contribution in [0.1, 0.15) is 5.56 Å². The lowest BCUT2D eigenvalue weighted by Crippen LogP contribution is -2.49. The molecular formula is C19H28N4O2. The third kappa shape index (κ3) is 4.60. The number of carbonyl (C=O) groups is 1. The molecule has 1 aromatic heterocycles. The zero-order valence-electron chi connectivity index (χ0n) is 15.1. The zero-order valence-corrected chi connectivity index (χ0v) is 15.1. The molecule has 0 aliphatic carbocycles. The predicted molar refractivity (Wildman–Crippen MR) is 99.6 cm³/mol. The molecule has 0 bridgehead atoms. The van der Waals surface area contributed by atoms with Gasteiger partial charge < -0.3 is 19.9 Å². The molecule has 1 aliphatic heterocycles. The van der Waals surface area contributed by atoms with Gasteiger partial charge in [0.15, 0.2) is 0 Å². The third-order valence-electron chi connectivity index (χ3n) is 4.99. The minimum absolute atomic E-state index is 0.0298. The van der Waals surface area contributed by atoms with Crippen molar-refractivity contribution in [3.63, 3.8) is 0 Å². The first-order valence-corrected chi connectivity index (χ1v) is 8.91. The van der Waals surface area contributed by atoms with Gasteiger partial charge in [-0.2, -0.15) is 0 Å². The number of piperazine rings is 1. The van der Waals surface area contributed by atoms with Gasteiger partial charge in [-0.25, -0.2) is 0 Å². The van der Waals surface area contributed by atoms with Crippen molar-refractivity contribution < 1.29 is 9.90 Å². The predicted octanol–water partition coefficient (Wildman–Crippen LogP) is 0.777. The molecule has 1 aliphatic rings. The van der Waals surface area contributed by atoms with Crippen molar-refractivity contribution in [2.75, 3.05) is 53.4 Å². The van der Waals surface area contributed by atoms with Crippen LogP contribution in [0, 0.1) is 0 Å². The van der Waals surface area contributed by atoms with E-state index in [0.29, 0.717) is 19.5 Å². The second-order valence-electron chi connectivity index (χ2n) is 7.07. The average Bonchev–Trinajstić information content (AvgIpc) is 3.00. The SMILES string of the molecule is CN1CCN(CC(O)CN(C)C(=O)Cc2c[nH]c3ccccc23)CC1. The second kappa shape index (κ2) is 7.99. The molecule has 25 heavy (non-hydrogen) atoms. The number of aliphatic hydroxyl groups is 1. The van der Waals surface area contributed by atoms with Crippen LogP contribution in [0.5, 0.6) is 0 Å². The van der Waals surface area contributed by atoms with Gasteiger partial charge >= 0.3 is 0 Å². The highest BCUT2D eigenvalue weighted by molar-refractivity contribution is 5.88. The van der Waals surface area contributed by atoms with E-state index in [1.807, 2.05) is 30.5 Å². The lowest BCUT2D eigenvalue weighted by atomic mass is 10.1. The first-order valence-electron chi connectivity index (χ1n) is 8.91. The molecule has 3 rings (SSSR count). The number of nitrogens with zero attached hydrogens (tertiary/aromatic N) is 3. The average molecular weight is 344 g/mol. The standard InChI is InChI=1S/C19H28N4O2/c1-21-7-9-23(10-8-21)14-16(24)13-22(2)19(25)11-15-12-20-18-6-4-3-5-17(15)18/h3-6,12,16,20,24H,7-11,13-14H2,1-2H3. The Bertz CT molecular complexity index is 706. The van der Waals surface area contributed by atoms with Gasteiger partial charge in [0, 0.05) is 63.4 Å². The summed E-state index contributed by atoms with van der Waals surface area (Å²) in [5.74, 6) is 0.0298. The Morgan fingerprint density at radius 2 is 2.00 bits per heavy atom. The van der Waals surface area contributed by atoms with E-state index in [2.05, 4.69) is 21.8 Å². The molecule has 2 N–H and O–H groups in total. The van der Waals surface area contributed by atoms with E-state index in [4.69, 9.17) is 0 Å². The fourth-order valence-electron chi connectivity index (χ4n) is 3.38. The summed E-state index contributed by atoms with van der Waals surface area (Å²) in [5, 5.41) is 11.4. The zero-order chi connectivity index (χ0) is 17.8. The van der Waals surface area contributed by atoms with E-state index in [1.54, 1.807) is 11.9 Å². The second-order valence-corrected chi connectivity index (χ2v) is 7.07. The van der Waals surface area contributed by atoms with Crippen LogP contribution in [0.4, 0.5) is 0 Å². The number of carbonyl (C=O) groups excluding carboxylic acids is 1. The highest BCUT2D eigenvalue weighted by Crippen LogP contribution is 2.18. The highest BCUT2D eigenvalue weighted by Gasteiger charge is 2.20. The number of para-hydroxylation sites is 1. The highest BCUT2D eigenvalue weighted by atomic mass is 16.3. The van der Waals surface area contributed by atoms with Crippen molar-refractivity contribution in [3.8, 4) is 0 Å². The Labute approximate surface area is 149 Å². The number of hydrogen-bond acceptors (Lipinski definition) is 4. The molecule has 6 heteroatoms. The first-order chi connectivity index (χ1) is 12.0. The molecule has 1 aromatic carbocycles. The van der Waals surface area contributed by atoms with Gasteiger partial charge in [0.1, 0.15) is 0 Å². The van der Waals surface area contributed by atoms with Crippen molar-refractivity contribution in [1.29, 1.82) is 0 Å². The fraction of sp³-hybridized carbons (Fsp3) is 0.526. The van der Waals surface area contributed by atoms with E-state index < -0.39 is 6.10 Å². The number of aliphatic hydroxyl groups excluding tert-OH is 1. The topological polar surface area (TPSA) is 62.8 Å². The summed E-state index contributed by atoms with van der Waals surface area (Å²) in [5.41, 5.74) is 2.05. The Kier molecular flexibility index (Phi) is 5.73. The third-order valence-corrected chi connectivity index (χ3v) is 4.99. The van der Waals surface area contributed by atoms with Gasteiger partial charge in [-0.3, -0.25) is 9.69 Å². The number of nitrogens with one attached hydrogen (secondary N) is 1. The van der Waals surface area contributed by atoms with Crippen LogP contribution in [0.2, 0.25) is 0 Å². The number of benzene rings is 1. The molecule has 1 unspecified atom stereocenters. The number of amides is 1. The Hall–Kier alpha value is -1.89. The summed E-state index contributed by atoms with van der Waals surface area (Å²) in [6, 6.07) is 7.99. The summed E-state index contributed by atoms with van der Waals surface area (Å²) in [7, 11) is 3.88. The molecule has 1 fully saturated rings. The van der Waals surface area contributed by atoms with Crippen molar-refractivity contribution >= 4 is 16.8 Å². The number of fused-ring (bicyclic) bond motifs is 1. The Morgan fingerprint density at radius 1 is 1.28 bits per heavy atom. The number of β-amino-alcohol motifs (C(OH)–C–C–N with tert-alkyl or cyclic N) is 1. The molecule has 0 saturated carbocycles. The largest absolute Gasteiger partial charge is 0.390 e. The summed E-state index contributed by atoms with van der Waals surface area (Å²) in [6.07, 6.45) is 1.74. The number of hydrogen-bond donors (Lipinski definition) is 2. The number of aromatic nitrogens is 1. The molecule has 0 spiro atoms. The van der Waals surface area contributed by atoms with Crippen LogP contribution >= 0.6 is 0 Å². The number of H-pyrrole nitrogens is 1. The van der Waals surface area contributed by atoms with Crippen molar-refractivity contribution in [1.82, 2.24) is 19.7 Å².